The summed E-state index contributed by atoms with van der Waals surface area (Å²) in [7, 11) is 0. The Kier molecular flexibility index (Phi) is 3.05. The SMILES string of the molecule is O=Cc1[nH]c2ccccc2[n+]1Cc1ccccc1Cl. The van der Waals surface area contributed by atoms with E-state index in [-0.39, 0.29) is 0 Å². The Morgan fingerprint density at radius 3 is 2.63 bits per heavy atom. The van der Waals surface area contributed by atoms with Crippen LogP contribution >= 0.6 is 11.6 Å². The molecule has 0 fully saturated rings. The van der Waals surface area contributed by atoms with Gasteiger partial charge in [-0.2, -0.15) is 0 Å². The van der Waals surface area contributed by atoms with Gasteiger partial charge in [0.1, 0.15) is 6.54 Å². The van der Waals surface area contributed by atoms with Gasteiger partial charge >= 0.3 is 5.82 Å². The van der Waals surface area contributed by atoms with Gasteiger partial charge in [-0.25, -0.2) is 9.55 Å². The number of halogens is 1. The van der Waals surface area contributed by atoms with Crippen molar-refractivity contribution < 1.29 is 9.36 Å². The van der Waals surface area contributed by atoms with Crippen LogP contribution in [0.2, 0.25) is 5.02 Å². The summed E-state index contributed by atoms with van der Waals surface area (Å²) in [4.78, 5) is 14.3. The maximum atomic E-state index is 11.2. The molecule has 0 amide bonds. The molecule has 1 N–H and O–H groups in total. The molecule has 19 heavy (non-hydrogen) atoms. The maximum absolute atomic E-state index is 11.2. The van der Waals surface area contributed by atoms with Crippen LogP contribution in [0.5, 0.6) is 0 Å². The lowest BCUT2D eigenvalue weighted by molar-refractivity contribution is -0.663. The molecular formula is C15H12ClN2O+. The standard InChI is InChI=1S/C15H11ClN2O/c16-12-6-2-1-5-11(12)9-18-14-8-4-3-7-13(14)17-15(18)10-19/h1-8,10H,9H2/p+1. The molecule has 0 bridgehead atoms. The molecule has 0 saturated carbocycles. The third kappa shape index (κ3) is 2.13. The molecule has 0 aliphatic heterocycles. The highest BCUT2D eigenvalue weighted by atomic mass is 35.5. The first-order chi connectivity index (χ1) is 9.29. The number of aromatic nitrogens is 2. The quantitative estimate of drug-likeness (QED) is 0.577. The number of imidazole rings is 1. The fourth-order valence-electron chi connectivity index (χ4n) is 2.21. The average molecular weight is 272 g/mol. The van der Waals surface area contributed by atoms with Crippen molar-refractivity contribution >= 4 is 28.9 Å². The molecule has 1 heterocycles. The lowest BCUT2D eigenvalue weighted by atomic mass is 10.2. The number of hydrogen-bond acceptors (Lipinski definition) is 1. The normalized spacial score (nSPS) is 10.8. The number of H-pyrrole nitrogens is 1. The zero-order valence-corrected chi connectivity index (χ0v) is 10.9. The highest BCUT2D eigenvalue weighted by Gasteiger charge is 2.18. The van der Waals surface area contributed by atoms with Crippen molar-refractivity contribution in [3.63, 3.8) is 0 Å². The van der Waals surface area contributed by atoms with E-state index in [4.69, 9.17) is 11.6 Å². The van der Waals surface area contributed by atoms with Crippen LogP contribution in [-0.2, 0) is 6.54 Å². The number of hydrogen-bond donors (Lipinski definition) is 1. The lowest BCUT2D eigenvalue weighted by Gasteiger charge is -2.02. The largest absolute Gasteiger partial charge is 0.321 e. The minimum absolute atomic E-state index is 0.543. The second-order valence-electron chi connectivity index (χ2n) is 4.32. The third-order valence-electron chi connectivity index (χ3n) is 3.15. The molecule has 0 aliphatic rings. The van der Waals surface area contributed by atoms with Gasteiger partial charge in [0.25, 0.3) is 0 Å². The zero-order chi connectivity index (χ0) is 13.2. The van der Waals surface area contributed by atoms with Gasteiger partial charge in [-0.1, -0.05) is 41.9 Å². The Balaban J connectivity index is 2.14. The van der Waals surface area contributed by atoms with Gasteiger partial charge in [-0.05, 0) is 18.2 Å². The van der Waals surface area contributed by atoms with Crippen molar-refractivity contribution in [2.24, 2.45) is 0 Å². The fourth-order valence-corrected chi connectivity index (χ4v) is 2.41. The monoisotopic (exact) mass is 271 g/mol. The van der Waals surface area contributed by atoms with Crippen LogP contribution in [-0.4, -0.2) is 11.3 Å². The summed E-state index contributed by atoms with van der Waals surface area (Å²) in [5, 5.41) is 0.706. The van der Waals surface area contributed by atoms with E-state index in [1.54, 1.807) is 0 Å². The van der Waals surface area contributed by atoms with Crippen LogP contribution < -0.4 is 4.57 Å². The van der Waals surface area contributed by atoms with Crippen molar-refractivity contribution in [1.29, 1.82) is 0 Å². The van der Waals surface area contributed by atoms with Crippen LogP contribution in [0.3, 0.4) is 0 Å². The summed E-state index contributed by atoms with van der Waals surface area (Å²) in [5.74, 6) is 0.543. The topological polar surface area (TPSA) is 36.7 Å². The first-order valence-corrected chi connectivity index (χ1v) is 6.36. The molecule has 0 saturated heterocycles. The molecule has 1 aromatic heterocycles. The number of aldehydes is 1. The number of benzene rings is 2. The number of carbonyl (C=O) groups is 1. The summed E-state index contributed by atoms with van der Waals surface area (Å²) < 4.78 is 1.93. The molecule has 0 atom stereocenters. The minimum Gasteiger partial charge on any atom is -0.289 e. The van der Waals surface area contributed by atoms with E-state index in [9.17, 15) is 4.79 Å². The smallest absolute Gasteiger partial charge is 0.289 e. The average Bonchev–Trinajstić information content (AvgIpc) is 2.79. The van der Waals surface area contributed by atoms with Crippen LogP contribution in [0.4, 0.5) is 0 Å². The van der Waals surface area contributed by atoms with Crippen molar-refractivity contribution in [1.82, 2.24) is 4.98 Å². The summed E-state index contributed by atoms with van der Waals surface area (Å²) in [6.07, 6.45) is 0.830. The summed E-state index contributed by atoms with van der Waals surface area (Å²) in [5.41, 5.74) is 2.92. The first-order valence-electron chi connectivity index (χ1n) is 5.99. The first kappa shape index (κ1) is 11.9. The van der Waals surface area contributed by atoms with Gasteiger partial charge in [-0.3, -0.25) is 4.79 Å². The summed E-state index contributed by atoms with van der Waals surface area (Å²) in [6.45, 7) is 0.567. The number of para-hydroxylation sites is 2. The zero-order valence-electron chi connectivity index (χ0n) is 10.1. The molecule has 4 heteroatoms. The highest BCUT2D eigenvalue weighted by Crippen LogP contribution is 2.16. The molecule has 0 aliphatic carbocycles. The third-order valence-corrected chi connectivity index (χ3v) is 3.52. The Bertz CT molecular complexity index is 749. The molecule has 0 radical (unpaired) electrons. The molecule has 3 nitrogen and oxygen atoms in total. The van der Waals surface area contributed by atoms with Gasteiger partial charge < -0.3 is 0 Å². The van der Waals surface area contributed by atoms with Gasteiger partial charge in [0.15, 0.2) is 11.0 Å². The van der Waals surface area contributed by atoms with Crippen molar-refractivity contribution in [3.05, 3.63) is 64.9 Å². The van der Waals surface area contributed by atoms with Gasteiger partial charge in [0.05, 0.1) is 0 Å². The molecule has 94 valence electrons. The molecule has 3 aromatic rings. The second-order valence-corrected chi connectivity index (χ2v) is 4.73. The van der Waals surface area contributed by atoms with E-state index in [1.807, 2.05) is 53.1 Å². The maximum Gasteiger partial charge on any atom is 0.321 e. The number of carbonyl (C=O) groups excluding carboxylic acids is 1. The van der Waals surface area contributed by atoms with E-state index >= 15 is 0 Å². The number of fused-ring (bicyclic) bond motifs is 1. The van der Waals surface area contributed by atoms with E-state index < -0.39 is 0 Å². The second kappa shape index (κ2) is 4.86. The number of nitrogens with zero attached hydrogens (tertiary/aromatic N) is 1. The van der Waals surface area contributed by atoms with Gasteiger partial charge in [0, 0.05) is 10.6 Å². The minimum atomic E-state index is 0.543. The predicted molar refractivity (Wildman–Crippen MR) is 74.4 cm³/mol. The predicted octanol–water partition coefficient (Wildman–Crippen LogP) is 2.97. The van der Waals surface area contributed by atoms with E-state index in [0.717, 1.165) is 22.9 Å². The number of nitrogens with one attached hydrogen (secondary N) is 1. The van der Waals surface area contributed by atoms with Crippen molar-refractivity contribution in [2.75, 3.05) is 0 Å². The van der Waals surface area contributed by atoms with E-state index in [2.05, 4.69) is 4.98 Å². The number of rotatable bonds is 3. The Hall–Kier alpha value is -2.13. The molecule has 3 rings (SSSR count). The van der Waals surface area contributed by atoms with E-state index in [1.165, 1.54) is 0 Å². The van der Waals surface area contributed by atoms with Crippen LogP contribution in [0.25, 0.3) is 11.0 Å². The summed E-state index contributed by atoms with van der Waals surface area (Å²) in [6, 6.07) is 15.5. The Labute approximate surface area is 115 Å². The molecule has 2 aromatic carbocycles. The van der Waals surface area contributed by atoms with Crippen LogP contribution in [0, 0.1) is 0 Å². The van der Waals surface area contributed by atoms with Gasteiger partial charge in [-0.15, -0.1) is 0 Å². The van der Waals surface area contributed by atoms with Crippen molar-refractivity contribution in [2.45, 2.75) is 6.54 Å². The van der Waals surface area contributed by atoms with Crippen molar-refractivity contribution in [3.8, 4) is 0 Å². The van der Waals surface area contributed by atoms with E-state index in [0.29, 0.717) is 17.4 Å². The lowest BCUT2D eigenvalue weighted by Crippen LogP contribution is -2.37. The fraction of sp³-hybridized carbons (Fsp3) is 0.0667. The molecular weight excluding hydrogens is 260 g/mol. The highest BCUT2D eigenvalue weighted by molar-refractivity contribution is 6.31. The van der Waals surface area contributed by atoms with Gasteiger partial charge in [0.2, 0.25) is 6.29 Å². The summed E-state index contributed by atoms with van der Waals surface area (Å²) >= 11 is 6.18. The van der Waals surface area contributed by atoms with Crippen LogP contribution in [0.15, 0.2) is 48.5 Å². The van der Waals surface area contributed by atoms with Crippen LogP contribution in [0.1, 0.15) is 16.2 Å². The Morgan fingerprint density at radius 2 is 1.84 bits per heavy atom. The molecule has 0 unspecified atom stereocenters. The number of aromatic amines is 1. The Morgan fingerprint density at radius 1 is 1.11 bits per heavy atom. The molecule has 0 spiro atoms.